The van der Waals surface area contributed by atoms with E-state index in [0.717, 1.165) is 6.07 Å². The van der Waals surface area contributed by atoms with Crippen LogP contribution in [-0.2, 0) is 10.0 Å². The van der Waals surface area contributed by atoms with Gasteiger partial charge in [-0.15, -0.1) is 0 Å². The smallest absolute Gasteiger partial charge is 0.273 e. The average molecular weight is 316 g/mol. The van der Waals surface area contributed by atoms with Crippen molar-refractivity contribution in [2.75, 3.05) is 6.61 Å². The molecular weight excluding hydrogens is 296 g/mol. The van der Waals surface area contributed by atoms with Crippen LogP contribution in [0.1, 0.15) is 31.4 Å². The Morgan fingerprint density at radius 2 is 1.95 bits per heavy atom. The number of aryl methyl sites for hydroxylation is 1. The van der Waals surface area contributed by atoms with Gasteiger partial charge in [0.25, 0.3) is 5.69 Å². The molecule has 0 saturated carbocycles. The van der Waals surface area contributed by atoms with Gasteiger partial charge in [-0.2, -0.15) is 0 Å². The van der Waals surface area contributed by atoms with E-state index in [1.165, 1.54) is 6.07 Å². The molecule has 1 rings (SSSR count). The van der Waals surface area contributed by atoms with E-state index >= 15 is 0 Å². The van der Waals surface area contributed by atoms with Crippen molar-refractivity contribution < 1.29 is 18.4 Å². The molecule has 7 nitrogen and oxygen atoms in total. The van der Waals surface area contributed by atoms with Crippen LogP contribution in [-0.4, -0.2) is 30.6 Å². The Balaban J connectivity index is 3.36. The molecule has 8 heteroatoms. The first kappa shape index (κ1) is 17.5. The highest BCUT2D eigenvalue weighted by Crippen LogP contribution is 2.26. The first-order chi connectivity index (χ1) is 9.56. The van der Waals surface area contributed by atoms with Crippen molar-refractivity contribution >= 4 is 15.7 Å². The number of hydrogen-bond acceptors (Lipinski definition) is 5. The van der Waals surface area contributed by atoms with Crippen LogP contribution < -0.4 is 4.72 Å². The summed E-state index contributed by atoms with van der Waals surface area (Å²) in [5, 5.41) is 20.3. The van der Waals surface area contributed by atoms with Crippen LogP contribution in [0.4, 0.5) is 5.69 Å². The van der Waals surface area contributed by atoms with Crippen LogP contribution in [0.25, 0.3) is 0 Å². The van der Waals surface area contributed by atoms with Gasteiger partial charge in [-0.1, -0.05) is 6.92 Å². The second kappa shape index (κ2) is 6.08. The molecule has 0 bridgehead atoms. The van der Waals surface area contributed by atoms with Crippen molar-refractivity contribution in [3.63, 3.8) is 0 Å². The zero-order valence-corrected chi connectivity index (χ0v) is 13.3. The highest BCUT2D eigenvalue weighted by Gasteiger charge is 2.30. The first-order valence-corrected chi connectivity index (χ1v) is 7.95. The fourth-order valence-electron chi connectivity index (χ4n) is 1.75. The van der Waals surface area contributed by atoms with Gasteiger partial charge < -0.3 is 5.11 Å². The highest BCUT2D eigenvalue weighted by atomic mass is 32.2. The van der Waals surface area contributed by atoms with E-state index in [1.54, 1.807) is 27.7 Å². The Morgan fingerprint density at radius 3 is 2.38 bits per heavy atom. The third-order valence-corrected chi connectivity index (χ3v) is 5.25. The summed E-state index contributed by atoms with van der Waals surface area (Å²) in [5.41, 5.74) is -0.296. The Bertz CT molecular complexity index is 651. The molecule has 21 heavy (non-hydrogen) atoms. The number of aliphatic hydroxyl groups excluding tert-OH is 1. The van der Waals surface area contributed by atoms with Crippen molar-refractivity contribution in [2.24, 2.45) is 0 Å². The predicted octanol–water partition coefficient (Wildman–Crippen LogP) is 1.65. The third-order valence-electron chi connectivity index (χ3n) is 3.63. The lowest BCUT2D eigenvalue weighted by molar-refractivity contribution is -0.385. The molecule has 2 N–H and O–H groups in total. The quantitative estimate of drug-likeness (QED) is 0.612. The maximum Gasteiger partial charge on any atom is 0.273 e. The Labute approximate surface area is 124 Å². The fraction of sp³-hybridized carbons (Fsp3) is 0.538. The Kier molecular flexibility index (Phi) is 5.08. The molecule has 0 aliphatic rings. The van der Waals surface area contributed by atoms with Crippen molar-refractivity contribution in [3.05, 3.63) is 33.4 Å². The van der Waals surface area contributed by atoms with E-state index in [2.05, 4.69) is 4.72 Å². The van der Waals surface area contributed by atoms with Crippen LogP contribution in [0.15, 0.2) is 17.0 Å². The summed E-state index contributed by atoms with van der Waals surface area (Å²) in [6.07, 6.45) is 0.385. The van der Waals surface area contributed by atoms with Gasteiger partial charge in [-0.05, 0) is 38.8 Å². The minimum absolute atomic E-state index is 0.176. The summed E-state index contributed by atoms with van der Waals surface area (Å²) in [6, 6.07) is 2.43. The zero-order valence-electron chi connectivity index (χ0n) is 12.5. The van der Waals surface area contributed by atoms with Gasteiger partial charge in [0.05, 0.1) is 22.0 Å². The van der Waals surface area contributed by atoms with E-state index in [1.807, 2.05) is 0 Å². The number of aliphatic hydroxyl groups is 1. The molecule has 1 aromatic rings. The minimum atomic E-state index is -3.95. The van der Waals surface area contributed by atoms with Crippen molar-refractivity contribution in [3.8, 4) is 0 Å². The summed E-state index contributed by atoms with van der Waals surface area (Å²) >= 11 is 0. The van der Waals surface area contributed by atoms with Crippen LogP contribution in [0.2, 0.25) is 0 Å². The van der Waals surface area contributed by atoms with E-state index in [9.17, 15) is 23.6 Å². The lowest BCUT2D eigenvalue weighted by atomic mass is 10.0. The number of sulfonamides is 1. The molecular formula is C13H20N2O5S. The molecule has 0 amide bonds. The molecule has 0 aromatic heterocycles. The normalized spacial score (nSPS) is 14.7. The minimum Gasteiger partial charge on any atom is -0.394 e. The summed E-state index contributed by atoms with van der Waals surface area (Å²) < 4.78 is 27.1. The van der Waals surface area contributed by atoms with Crippen LogP contribution in [0.3, 0.4) is 0 Å². The summed E-state index contributed by atoms with van der Waals surface area (Å²) in [4.78, 5) is 10.2. The van der Waals surface area contributed by atoms with Crippen LogP contribution in [0, 0.1) is 24.0 Å². The summed E-state index contributed by atoms with van der Waals surface area (Å²) in [6.45, 7) is 6.13. The molecule has 118 valence electrons. The van der Waals surface area contributed by atoms with Crippen LogP contribution in [0.5, 0.6) is 0 Å². The molecule has 0 spiro atoms. The Hall–Kier alpha value is -1.51. The van der Waals surface area contributed by atoms with Crippen molar-refractivity contribution in [2.45, 2.75) is 44.6 Å². The molecule has 0 fully saturated rings. The van der Waals surface area contributed by atoms with E-state index in [-0.39, 0.29) is 17.2 Å². The standard InChI is InChI=1S/C13H20N2O5S/c1-5-13(4,8-16)14-21(19,20)11-6-9(2)10(3)12(7-11)15(17)18/h6-7,14,16H,5,8H2,1-4H3. The molecule has 1 unspecified atom stereocenters. The van der Waals surface area contributed by atoms with Gasteiger partial charge in [0.2, 0.25) is 10.0 Å². The van der Waals surface area contributed by atoms with Crippen molar-refractivity contribution in [1.82, 2.24) is 4.72 Å². The number of rotatable bonds is 6. The van der Waals surface area contributed by atoms with Gasteiger partial charge in [-0.3, -0.25) is 10.1 Å². The topological polar surface area (TPSA) is 110 Å². The Morgan fingerprint density at radius 1 is 1.38 bits per heavy atom. The number of nitrogens with zero attached hydrogens (tertiary/aromatic N) is 1. The lowest BCUT2D eigenvalue weighted by Gasteiger charge is -2.26. The SMILES string of the molecule is CCC(C)(CO)NS(=O)(=O)c1cc(C)c(C)c([N+](=O)[O-])c1. The second-order valence-corrected chi connectivity index (χ2v) is 7.00. The van der Waals surface area contributed by atoms with Gasteiger partial charge in [0.15, 0.2) is 0 Å². The second-order valence-electron chi connectivity index (χ2n) is 5.32. The molecule has 0 saturated heterocycles. The van der Waals surface area contributed by atoms with E-state index in [4.69, 9.17) is 0 Å². The summed E-state index contributed by atoms with van der Waals surface area (Å²) in [5.74, 6) is 0. The fourth-order valence-corrected chi connectivity index (χ4v) is 3.33. The maximum atomic E-state index is 12.4. The van der Waals surface area contributed by atoms with E-state index in [0.29, 0.717) is 17.5 Å². The van der Waals surface area contributed by atoms with Gasteiger partial charge in [0.1, 0.15) is 0 Å². The molecule has 0 radical (unpaired) electrons. The van der Waals surface area contributed by atoms with Crippen LogP contribution >= 0.6 is 0 Å². The molecule has 0 heterocycles. The van der Waals surface area contributed by atoms with Gasteiger partial charge >= 0.3 is 0 Å². The molecule has 1 aromatic carbocycles. The maximum absolute atomic E-state index is 12.4. The molecule has 0 aliphatic heterocycles. The average Bonchev–Trinajstić information content (AvgIpc) is 2.40. The number of nitrogens with one attached hydrogen (secondary N) is 1. The van der Waals surface area contributed by atoms with E-state index < -0.39 is 20.5 Å². The van der Waals surface area contributed by atoms with Gasteiger partial charge in [0, 0.05) is 11.6 Å². The number of benzene rings is 1. The predicted molar refractivity (Wildman–Crippen MR) is 78.7 cm³/mol. The zero-order chi connectivity index (χ0) is 16.4. The molecule has 1 atom stereocenters. The van der Waals surface area contributed by atoms with Crippen molar-refractivity contribution in [1.29, 1.82) is 0 Å². The third kappa shape index (κ3) is 3.78. The monoisotopic (exact) mass is 316 g/mol. The first-order valence-electron chi connectivity index (χ1n) is 6.47. The number of nitro groups is 1. The number of hydrogen-bond donors (Lipinski definition) is 2. The van der Waals surface area contributed by atoms with Gasteiger partial charge in [-0.25, -0.2) is 13.1 Å². The number of nitro benzene ring substituents is 1. The molecule has 0 aliphatic carbocycles. The highest BCUT2D eigenvalue weighted by molar-refractivity contribution is 7.89. The lowest BCUT2D eigenvalue weighted by Crippen LogP contribution is -2.48. The summed E-state index contributed by atoms with van der Waals surface area (Å²) in [7, 11) is -3.95. The largest absolute Gasteiger partial charge is 0.394 e.